The van der Waals surface area contributed by atoms with Crippen molar-refractivity contribution in [1.82, 2.24) is 0 Å². The second-order valence-corrected chi connectivity index (χ2v) is 3.50. The molecule has 1 aromatic rings. The molecule has 1 aliphatic heterocycles. The number of phenols is 1. The molecule has 3 heteroatoms. The van der Waals surface area contributed by atoms with E-state index in [0.717, 1.165) is 18.4 Å². The van der Waals surface area contributed by atoms with Gasteiger partial charge in [-0.25, -0.2) is 0 Å². The van der Waals surface area contributed by atoms with E-state index >= 15 is 0 Å². The fourth-order valence-corrected chi connectivity index (χ4v) is 1.88. The maximum atomic E-state index is 11.2. The van der Waals surface area contributed by atoms with Crippen LogP contribution in [-0.2, 0) is 17.6 Å². The molecule has 0 aliphatic carbocycles. The van der Waals surface area contributed by atoms with Gasteiger partial charge in [-0.15, -0.1) is 0 Å². The van der Waals surface area contributed by atoms with E-state index in [0.29, 0.717) is 12.1 Å². The summed E-state index contributed by atoms with van der Waals surface area (Å²) >= 11 is 0. The molecule has 0 unspecified atom stereocenters. The van der Waals surface area contributed by atoms with E-state index in [4.69, 9.17) is 0 Å². The molecule has 2 N–H and O–H groups in total. The summed E-state index contributed by atoms with van der Waals surface area (Å²) in [6.07, 6.45) is 2.18. The van der Waals surface area contributed by atoms with Crippen molar-refractivity contribution >= 4 is 11.6 Å². The first-order valence-electron chi connectivity index (χ1n) is 4.86. The second-order valence-electron chi connectivity index (χ2n) is 3.50. The largest absolute Gasteiger partial charge is 0.506 e. The van der Waals surface area contributed by atoms with Gasteiger partial charge in [-0.05, 0) is 30.0 Å². The van der Waals surface area contributed by atoms with Gasteiger partial charge in [0, 0.05) is 6.42 Å². The molecule has 0 spiro atoms. The third kappa shape index (κ3) is 1.35. The number of nitrogens with one attached hydrogen (secondary N) is 1. The SMILES string of the molecule is CCc1ccc(O)c2c1CCC(=O)N2. The molecule has 0 fully saturated rings. The average Bonchev–Trinajstić information content (AvgIpc) is 2.19. The fourth-order valence-electron chi connectivity index (χ4n) is 1.88. The lowest BCUT2D eigenvalue weighted by atomic mass is 9.95. The molecule has 14 heavy (non-hydrogen) atoms. The first-order valence-corrected chi connectivity index (χ1v) is 4.86. The van der Waals surface area contributed by atoms with Crippen molar-refractivity contribution in [2.45, 2.75) is 26.2 Å². The first kappa shape index (κ1) is 9.06. The van der Waals surface area contributed by atoms with Crippen molar-refractivity contribution in [3.63, 3.8) is 0 Å². The van der Waals surface area contributed by atoms with Crippen LogP contribution in [-0.4, -0.2) is 11.0 Å². The number of amides is 1. The second kappa shape index (κ2) is 3.33. The van der Waals surface area contributed by atoms with Crippen LogP contribution in [0.1, 0.15) is 24.5 Å². The summed E-state index contributed by atoms with van der Waals surface area (Å²) in [5.74, 6) is 0.159. The third-order valence-electron chi connectivity index (χ3n) is 2.64. The molecular weight excluding hydrogens is 178 g/mol. The third-order valence-corrected chi connectivity index (χ3v) is 2.64. The predicted octanol–water partition coefficient (Wildman–Crippen LogP) is 1.84. The highest BCUT2D eigenvalue weighted by Gasteiger charge is 2.19. The van der Waals surface area contributed by atoms with Gasteiger partial charge in [-0.3, -0.25) is 4.79 Å². The first-order chi connectivity index (χ1) is 6.72. The Balaban J connectivity index is 2.54. The van der Waals surface area contributed by atoms with Gasteiger partial charge in [0.2, 0.25) is 5.91 Å². The summed E-state index contributed by atoms with van der Waals surface area (Å²) in [4.78, 5) is 11.2. The Morgan fingerprint density at radius 1 is 1.43 bits per heavy atom. The van der Waals surface area contributed by atoms with Crippen LogP contribution < -0.4 is 5.32 Å². The Hall–Kier alpha value is -1.51. The maximum Gasteiger partial charge on any atom is 0.224 e. The number of carbonyl (C=O) groups excluding carboxylic acids is 1. The Morgan fingerprint density at radius 3 is 2.93 bits per heavy atom. The van der Waals surface area contributed by atoms with E-state index in [1.807, 2.05) is 6.07 Å². The molecule has 1 aromatic carbocycles. The summed E-state index contributed by atoms with van der Waals surface area (Å²) in [6, 6.07) is 3.56. The Labute approximate surface area is 82.8 Å². The minimum Gasteiger partial charge on any atom is -0.506 e. The summed E-state index contributed by atoms with van der Waals surface area (Å²) in [6.45, 7) is 2.07. The van der Waals surface area contributed by atoms with Crippen molar-refractivity contribution in [2.75, 3.05) is 5.32 Å². The highest BCUT2D eigenvalue weighted by molar-refractivity contribution is 5.95. The molecule has 74 valence electrons. The van der Waals surface area contributed by atoms with Gasteiger partial charge in [-0.1, -0.05) is 13.0 Å². The van der Waals surface area contributed by atoms with Crippen molar-refractivity contribution in [1.29, 1.82) is 0 Å². The molecule has 1 amide bonds. The van der Waals surface area contributed by atoms with Crippen LogP contribution in [0.4, 0.5) is 5.69 Å². The van der Waals surface area contributed by atoms with Gasteiger partial charge < -0.3 is 10.4 Å². The van der Waals surface area contributed by atoms with Crippen molar-refractivity contribution < 1.29 is 9.90 Å². The quantitative estimate of drug-likeness (QED) is 0.665. The van der Waals surface area contributed by atoms with Crippen molar-refractivity contribution in [2.24, 2.45) is 0 Å². The Bertz CT molecular complexity index is 385. The molecule has 0 radical (unpaired) electrons. The number of benzene rings is 1. The average molecular weight is 191 g/mol. The van der Waals surface area contributed by atoms with Crippen molar-refractivity contribution in [3.05, 3.63) is 23.3 Å². The van der Waals surface area contributed by atoms with E-state index in [-0.39, 0.29) is 11.7 Å². The van der Waals surface area contributed by atoms with Crippen LogP contribution in [0.25, 0.3) is 0 Å². The van der Waals surface area contributed by atoms with Crippen LogP contribution in [0.2, 0.25) is 0 Å². The maximum absolute atomic E-state index is 11.2. The van der Waals surface area contributed by atoms with Crippen LogP contribution in [0.15, 0.2) is 12.1 Å². The minimum absolute atomic E-state index is 0.0129. The number of anilines is 1. The molecule has 3 nitrogen and oxygen atoms in total. The van der Waals surface area contributed by atoms with Gasteiger partial charge >= 0.3 is 0 Å². The molecule has 2 rings (SSSR count). The van der Waals surface area contributed by atoms with Gasteiger partial charge in [-0.2, -0.15) is 0 Å². The van der Waals surface area contributed by atoms with E-state index in [1.165, 1.54) is 5.56 Å². The number of rotatable bonds is 1. The monoisotopic (exact) mass is 191 g/mol. The number of fused-ring (bicyclic) bond motifs is 1. The van der Waals surface area contributed by atoms with Gasteiger partial charge in [0.15, 0.2) is 0 Å². The smallest absolute Gasteiger partial charge is 0.224 e. The molecule has 0 bridgehead atoms. The number of hydrogen-bond acceptors (Lipinski definition) is 2. The topological polar surface area (TPSA) is 49.3 Å². The van der Waals surface area contributed by atoms with Gasteiger partial charge in [0.05, 0.1) is 5.69 Å². The zero-order valence-electron chi connectivity index (χ0n) is 8.13. The van der Waals surface area contributed by atoms with Crippen LogP contribution in [0.5, 0.6) is 5.75 Å². The van der Waals surface area contributed by atoms with E-state index < -0.39 is 0 Å². The molecule has 0 saturated heterocycles. The molecule has 1 aliphatic rings. The fraction of sp³-hybridized carbons (Fsp3) is 0.364. The number of hydrogen-bond donors (Lipinski definition) is 2. The molecule has 0 atom stereocenters. The normalized spacial score (nSPS) is 14.8. The number of aromatic hydroxyl groups is 1. The predicted molar refractivity (Wildman–Crippen MR) is 54.4 cm³/mol. The highest BCUT2D eigenvalue weighted by atomic mass is 16.3. The van der Waals surface area contributed by atoms with Crippen LogP contribution in [0, 0.1) is 0 Å². The van der Waals surface area contributed by atoms with Gasteiger partial charge in [0.1, 0.15) is 5.75 Å². The lowest BCUT2D eigenvalue weighted by Crippen LogP contribution is -2.20. The van der Waals surface area contributed by atoms with Gasteiger partial charge in [0.25, 0.3) is 0 Å². The minimum atomic E-state index is -0.0129. The highest BCUT2D eigenvalue weighted by Crippen LogP contribution is 2.34. The summed E-state index contributed by atoms with van der Waals surface area (Å²) in [5, 5.41) is 12.3. The zero-order valence-corrected chi connectivity index (χ0v) is 8.13. The van der Waals surface area contributed by atoms with Crippen molar-refractivity contribution in [3.8, 4) is 5.75 Å². The van der Waals surface area contributed by atoms with E-state index in [1.54, 1.807) is 6.07 Å². The molecule has 0 saturated carbocycles. The van der Waals surface area contributed by atoms with Crippen LogP contribution >= 0.6 is 0 Å². The number of phenolic OH excluding ortho intramolecular Hbond substituents is 1. The van der Waals surface area contributed by atoms with E-state index in [9.17, 15) is 9.90 Å². The van der Waals surface area contributed by atoms with E-state index in [2.05, 4.69) is 12.2 Å². The summed E-state index contributed by atoms with van der Waals surface area (Å²) in [5.41, 5.74) is 2.91. The number of carbonyl (C=O) groups is 1. The summed E-state index contributed by atoms with van der Waals surface area (Å²) < 4.78 is 0. The molecule has 0 aromatic heterocycles. The lowest BCUT2D eigenvalue weighted by molar-refractivity contribution is -0.116. The summed E-state index contributed by atoms with van der Waals surface area (Å²) in [7, 11) is 0. The standard InChI is InChI=1S/C11H13NO2/c1-2-7-3-5-9(13)11-8(7)4-6-10(14)12-11/h3,5,13H,2,4,6H2,1H3,(H,12,14). The number of aryl methyl sites for hydroxylation is 1. The zero-order chi connectivity index (χ0) is 10.1. The Morgan fingerprint density at radius 2 is 2.21 bits per heavy atom. The Kier molecular flexibility index (Phi) is 2.15. The van der Waals surface area contributed by atoms with Crippen LogP contribution in [0.3, 0.4) is 0 Å². The molecule has 1 heterocycles. The lowest BCUT2D eigenvalue weighted by Gasteiger charge is -2.20. The molecular formula is C11H13NO2.